The molecule has 2 rings (SSSR count). The van der Waals surface area contributed by atoms with Gasteiger partial charge in [0.25, 0.3) is 0 Å². The first-order valence-electron chi connectivity index (χ1n) is 5.05. The summed E-state index contributed by atoms with van der Waals surface area (Å²) < 4.78 is 5.13. The van der Waals surface area contributed by atoms with Gasteiger partial charge in [0.15, 0.2) is 0 Å². The fourth-order valence-corrected chi connectivity index (χ4v) is 2.35. The topological polar surface area (TPSA) is 38.2 Å². The second-order valence-electron chi connectivity index (χ2n) is 3.92. The Kier molecular flexibility index (Phi) is 3.64. The molecule has 0 fully saturated rings. The molecule has 4 nitrogen and oxygen atoms in total. The number of methoxy groups -OCH3 is 1. The van der Waals surface area contributed by atoms with Crippen LogP contribution in [0.15, 0.2) is 0 Å². The molecule has 88 valence electrons. The van der Waals surface area contributed by atoms with Crippen LogP contribution in [0.25, 0.3) is 0 Å². The van der Waals surface area contributed by atoms with Crippen molar-refractivity contribution in [3.8, 4) is 0 Å². The maximum Gasteiger partial charge on any atom is 0.224 e. The summed E-state index contributed by atoms with van der Waals surface area (Å²) in [5, 5.41) is 0.673. The zero-order valence-corrected chi connectivity index (χ0v) is 10.7. The fraction of sp³-hybridized carbons (Fsp3) is 0.600. The van der Waals surface area contributed by atoms with Gasteiger partial charge in [-0.15, -0.1) is 0 Å². The molecule has 1 aromatic heterocycles. The summed E-state index contributed by atoms with van der Waals surface area (Å²) in [7, 11) is 1.70. The van der Waals surface area contributed by atoms with Crippen molar-refractivity contribution in [1.29, 1.82) is 0 Å². The largest absolute Gasteiger partial charge is 0.383 e. The van der Waals surface area contributed by atoms with Crippen LogP contribution in [0.1, 0.15) is 18.2 Å². The maximum absolute atomic E-state index is 6.03. The quantitative estimate of drug-likeness (QED) is 0.618. The van der Waals surface area contributed by atoms with Gasteiger partial charge < -0.3 is 4.74 Å². The third kappa shape index (κ3) is 2.30. The predicted molar refractivity (Wildman–Crippen MR) is 62.6 cm³/mol. The Morgan fingerprint density at radius 3 is 2.81 bits per heavy atom. The van der Waals surface area contributed by atoms with Crippen LogP contribution >= 0.6 is 23.2 Å². The number of rotatable bonds is 3. The number of aromatic nitrogens is 2. The SMILES string of the molecule is COCC(C)N1Cc2nc(Cl)nc(Cl)c2C1. The van der Waals surface area contributed by atoms with Gasteiger partial charge in [-0.05, 0) is 18.5 Å². The van der Waals surface area contributed by atoms with Gasteiger partial charge in [0.2, 0.25) is 5.28 Å². The molecule has 0 bridgehead atoms. The highest BCUT2D eigenvalue weighted by molar-refractivity contribution is 6.32. The van der Waals surface area contributed by atoms with Crippen LogP contribution in [-0.2, 0) is 17.8 Å². The number of hydrogen-bond donors (Lipinski definition) is 0. The van der Waals surface area contributed by atoms with E-state index in [2.05, 4.69) is 21.8 Å². The van der Waals surface area contributed by atoms with Crippen molar-refractivity contribution >= 4 is 23.2 Å². The smallest absolute Gasteiger partial charge is 0.224 e. The monoisotopic (exact) mass is 261 g/mol. The summed E-state index contributed by atoms with van der Waals surface area (Å²) in [6.07, 6.45) is 0. The molecule has 1 aliphatic heterocycles. The molecule has 1 aliphatic rings. The zero-order chi connectivity index (χ0) is 11.7. The van der Waals surface area contributed by atoms with Crippen LogP contribution in [0.4, 0.5) is 0 Å². The maximum atomic E-state index is 6.03. The van der Waals surface area contributed by atoms with E-state index >= 15 is 0 Å². The first kappa shape index (κ1) is 12.0. The molecule has 1 aromatic rings. The number of hydrogen-bond acceptors (Lipinski definition) is 4. The van der Waals surface area contributed by atoms with Gasteiger partial charge in [0.1, 0.15) is 5.15 Å². The lowest BCUT2D eigenvalue weighted by atomic mass is 10.3. The van der Waals surface area contributed by atoms with E-state index in [1.165, 1.54) is 0 Å². The average molecular weight is 262 g/mol. The fourth-order valence-electron chi connectivity index (χ4n) is 1.87. The van der Waals surface area contributed by atoms with E-state index in [4.69, 9.17) is 27.9 Å². The van der Waals surface area contributed by atoms with Gasteiger partial charge in [-0.3, -0.25) is 4.90 Å². The minimum atomic E-state index is 0.213. The number of fused-ring (bicyclic) bond motifs is 1. The van der Waals surface area contributed by atoms with Crippen molar-refractivity contribution < 1.29 is 4.74 Å². The van der Waals surface area contributed by atoms with Crippen LogP contribution in [-0.4, -0.2) is 34.6 Å². The van der Waals surface area contributed by atoms with E-state index in [0.29, 0.717) is 17.8 Å². The van der Waals surface area contributed by atoms with E-state index in [9.17, 15) is 0 Å². The number of halogens is 2. The van der Waals surface area contributed by atoms with Crippen LogP contribution in [0.3, 0.4) is 0 Å². The molecule has 0 radical (unpaired) electrons. The van der Waals surface area contributed by atoms with Crippen LogP contribution in [0.5, 0.6) is 0 Å². The van der Waals surface area contributed by atoms with E-state index in [-0.39, 0.29) is 5.28 Å². The van der Waals surface area contributed by atoms with Gasteiger partial charge in [-0.2, -0.15) is 0 Å². The Bertz CT molecular complexity index is 400. The minimum absolute atomic E-state index is 0.213. The Labute approximate surface area is 105 Å². The molecular weight excluding hydrogens is 249 g/mol. The summed E-state index contributed by atoms with van der Waals surface area (Å²) >= 11 is 11.8. The predicted octanol–water partition coefficient (Wildman–Crippen LogP) is 2.13. The highest BCUT2D eigenvalue weighted by Crippen LogP contribution is 2.28. The summed E-state index contributed by atoms with van der Waals surface area (Å²) in [4.78, 5) is 10.4. The van der Waals surface area contributed by atoms with E-state index in [0.717, 1.165) is 24.3 Å². The van der Waals surface area contributed by atoms with Crippen molar-refractivity contribution in [2.45, 2.75) is 26.1 Å². The van der Waals surface area contributed by atoms with Crippen molar-refractivity contribution in [3.05, 3.63) is 21.7 Å². The van der Waals surface area contributed by atoms with Gasteiger partial charge in [0.05, 0.1) is 12.3 Å². The van der Waals surface area contributed by atoms with Crippen molar-refractivity contribution in [2.24, 2.45) is 0 Å². The highest BCUT2D eigenvalue weighted by Gasteiger charge is 2.27. The molecule has 2 heterocycles. The molecule has 6 heteroatoms. The lowest BCUT2D eigenvalue weighted by molar-refractivity contribution is 0.0977. The minimum Gasteiger partial charge on any atom is -0.383 e. The normalized spacial score (nSPS) is 17.5. The van der Waals surface area contributed by atoms with Gasteiger partial charge in [-0.1, -0.05) is 11.6 Å². The van der Waals surface area contributed by atoms with Gasteiger partial charge >= 0.3 is 0 Å². The van der Waals surface area contributed by atoms with E-state index < -0.39 is 0 Å². The molecule has 0 aromatic carbocycles. The third-order valence-electron chi connectivity index (χ3n) is 2.76. The number of nitrogens with zero attached hydrogens (tertiary/aromatic N) is 3. The Morgan fingerprint density at radius 1 is 1.38 bits per heavy atom. The molecular formula is C10H13Cl2N3O. The molecule has 0 spiro atoms. The first-order valence-corrected chi connectivity index (χ1v) is 5.81. The van der Waals surface area contributed by atoms with Crippen molar-refractivity contribution in [3.63, 3.8) is 0 Å². The molecule has 0 saturated carbocycles. The van der Waals surface area contributed by atoms with Crippen molar-refractivity contribution in [1.82, 2.24) is 14.9 Å². The van der Waals surface area contributed by atoms with Crippen LogP contribution in [0.2, 0.25) is 10.4 Å². The Balaban J connectivity index is 2.17. The first-order chi connectivity index (χ1) is 7.61. The zero-order valence-electron chi connectivity index (χ0n) is 9.20. The summed E-state index contributed by atoms with van der Waals surface area (Å²) in [5.41, 5.74) is 1.90. The average Bonchev–Trinajstić information content (AvgIpc) is 2.62. The molecule has 1 atom stereocenters. The van der Waals surface area contributed by atoms with Crippen molar-refractivity contribution in [2.75, 3.05) is 13.7 Å². The second kappa shape index (κ2) is 4.84. The second-order valence-corrected chi connectivity index (χ2v) is 4.61. The molecule has 16 heavy (non-hydrogen) atoms. The highest BCUT2D eigenvalue weighted by atomic mass is 35.5. The summed E-state index contributed by atoms with van der Waals surface area (Å²) in [6, 6.07) is 0.328. The Morgan fingerprint density at radius 2 is 2.12 bits per heavy atom. The summed E-state index contributed by atoms with van der Waals surface area (Å²) in [6.45, 7) is 4.31. The Hall–Kier alpha value is -0.420. The molecule has 0 saturated heterocycles. The van der Waals surface area contributed by atoms with E-state index in [1.807, 2.05) is 0 Å². The molecule has 0 aliphatic carbocycles. The van der Waals surface area contributed by atoms with E-state index in [1.54, 1.807) is 7.11 Å². The number of ether oxygens (including phenoxy) is 1. The lowest BCUT2D eigenvalue weighted by Crippen LogP contribution is -2.31. The van der Waals surface area contributed by atoms with Crippen LogP contribution < -0.4 is 0 Å². The van der Waals surface area contributed by atoms with Crippen LogP contribution in [0, 0.1) is 0 Å². The molecule has 0 N–H and O–H groups in total. The standard InChI is InChI=1S/C10H13Cl2N3O/c1-6(5-16-2)15-3-7-8(4-15)13-10(12)14-9(7)11/h6H,3-5H2,1-2H3. The van der Waals surface area contributed by atoms with Gasteiger partial charge in [-0.25, -0.2) is 9.97 Å². The molecule has 0 amide bonds. The lowest BCUT2D eigenvalue weighted by Gasteiger charge is -2.22. The molecule has 1 unspecified atom stereocenters. The van der Waals surface area contributed by atoms with Gasteiger partial charge in [0, 0.05) is 31.8 Å². The summed E-state index contributed by atoms with van der Waals surface area (Å²) in [5.74, 6) is 0. The third-order valence-corrected chi connectivity index (χ3v) is 3.24.